The van der Waals surface area contributed by atoms with Gasteiger partial charge in [-0.2, -0.15) is 0 Å². The lowest BCUT2D eigenvalue weighted by Gasteiger charge is -2.25. The minimum Gasteiger partial charge on any atom is -0.481 e. The van der Waals surface area contributed by atoms with Gasteiger partial charge in [0.2, 0.25) is 11.8 Å². The van der Waals surface area contributed by atoms with E-state index in [1.54, 1.807) is 30.3 Å². The summed E-state index contributed by atoms with van der Waals surface area (Å²) in [7, 11) is 1.53. The lowest BCUT2D eigenvalue weighted by Crippen LogP contribution is -2.39. The van der Waals surface area contributed by atoms with E-state index in [2.05, 4.69) is 4.98 Å². The molecule has 2 aromatic rings. The van der Waals surface area contributed by atoms with Gasteiger partial charge in [-0.25, -0.2) is 14.7 Å². The fourth-order valence-electron chi connectivity index (χ4n) is 2.43. The highest BCUT2D eigenvalue weighted by Gasteiger charge is 2.29. The van der Waals surface area contributed by atoms with Gasteiger partial charge in [0, 0.05) is 12.5 Å². The third kappa shape index (κ3) is 2.94. The number of hydrogen-bond acceptors (Lipinski definition) is 5. The Morgan fingerprint density at radius 3 is 2.65 bits per heavy atom. The van der Waals surface area contributed by atoms with E-state index < -0.39 is 12.0 Å². The number of anilines is 1. The lowest BCUT2D eigenvalue weighted by atomic mass is 10.0. The van der Waals surface area contributed by atoms with E-state index in [9.17, 15) is 9.59 Å². The molecule has 0 radical (unpaired) electrons. The lowest BCUT2D eigenvalue weighted by molar-refractivity contribution is -0.118. The van der Waals surface area contributed by atoms with Gasteiger partial charge in [-0.3, -0.25) is 4.79 Å². The van der Waals surface area contributed by atoms with Gasteiger partial charge in [0.05, 0.1) is 19.0 Å². The molecule has 2 amide bonds. The van der Waals surface area contributed by atoms with Gasteiger partial charge < -0.3 is 14.6 Å². The van der Waals surface area contributed by atoms with Crippen molar-refractivity contribution in [3.05, 3.63) is 42.1 Å². The number of rotatable bonds is 3. The zero-order valence-electron chi connectivity index (χ0n) is 12.4. The van der Waals surface area contributed by atoms with Crippen molar-refractivity contribution in [1.82, 2.24) is 4.98 Å². The molecule has 7 nitrogen and oxygen atoms in total. The van der Waals surface area contributed by atoms with Gasteiger partial charge in [0.15, 0.2) is 0 Å². The van der Waals surface area contributed by atoms with Gasteiger partial charge >= 0.3 is 6.09 Å². The molecule has 0 unspecified atom stereocenters. The standard InChI is InChI=1S/C16H14N2O5/c1-22-14-6-4-12(9-17-14)23-11-3-5-13-10(8-11)2-7-15(19)18(13)16(20)21/h3-6,8-9H,2,7H2,1H3,(H,20,21). The number of nitrogens with zero attached hydrogens (tertiary/aromatic N) is 2. The summed E-state index contributed by atoms with van der Waals surface area (Å²) in [5.74, 6) is 1.15. The molecule has 1 N–H and O–H groups in total. The Kier molecular flexibility index (Phi) is 3.84. The number of ether oxygens (including phenoxy) is 2. The van der Waals surface area contributed by atoms with Crippen molar-refractivity contribution in [2.45, 2.75) is 12.8 Å². The third-order valence-electron chi connectivity index (χ3n) is 3.49. The molecule has 0 fully saturated rings. The summed E-state index contributed by atoms with van der Waals surface area (Å²) in [6, 6.07) is 8.34. The Hall–Kier alpha value is -3.09. The number of pyridine rings is 1. The number of carbonyl (C=O) groups is 2. The van der Waals surface area contributed by atoms with Gasteiger partial charge in [-0.05, 0) is 36.2 Å². The molecule has 0 bridgehead atoms. The van der Waals surface area contributed by atoms with Crippen molar-refractivity contribution < 1.29 is 24.2 Å². The largest absolute Gasteiger partial charge is 0.481 e. The van der Waals surface area contributed by atoms with Gasteiger partial charge in [-0.1, -0.05) is 0 Å². The molecule has 0 saturated carbocycles. The van der Waals surface area contributed by atoms with Crippen molar-refractivity contribution in [1.29, 1.82) is 0 Å². The maximum Gasteiger partial charge on any atom is 0.418 e. The van der Waals surface area contributed by atoms with Crippen LogP contribution < -0.4 is 14.4 Å². The Labute approximate surface area is 132 Å². The highest BCUT2D eigenvalue weighted by atomic mass is 16.5. The molecule has 2 heterocycles. The highest BCUT2D eigenvalue weighted by molar-refractivity contribution is 6.13. The first-order valence-electron chi connectivity index (χ1n) is 6.95. The van der Waals surface area contributed by atoms with Gasteiger partial charge in [0.1, 0.15) is 11.5 Å². The molecular formula is C16H14N2O5. The Morgan fingerprint density at radius 2 is 2.00 bits per heavy atom. The van der Waals surface area contributed by atoms with Crippen LogP contribution >= 0.6 is 0 Å². The zero-order chi connectivity index (χ0) is 16.4. The molecule has 0 aliphatic carbocycles. The number of benzene rings is 1. The van der Waals surface area contributed by atoms with Crippen LogP contribution in [0.25, 0.3) is 0 Å². The minimum atomic E-state index is -1.27. The maximum atomic E-state index is 11.7. The van der Waals surface area contributed by atoms with Crippen molar-refractivity contribution in [3.8, 4) is 17.4 Å². The van der Waals surface area contributed by atoms with Crippen molar-refractivity contribution in [3.63, 3.8) is 0 Å². The summed E-state index contributed by atoms with van der Waals surface area (Å²) in [5.41, 5.74) is 1.14. The average Bonchev–Trinajstić information content (AvgIpc) is 2.55. The topological polar surface area (TPSA) is 89.0 Å². The Bertz CT molecular complexity index is 758. The maximum absolute atomic E-state index is 11.7. The number of aryl methyl sites for hydroxylation is 1. The average molecular weight is 314 g/mol. The van der Waals surface area contributed by atoms with Crippen molar-refractivity contribution in [2.24, 2.45) is 0 Å². The van der Waals surface area contributed by atoms with Crippen molar-refractivity contribution >= 4 is 17.7 Å². The fraction of sp³-hybridized carbons (Fsp3) is 0.188. The molecule has 0 spiro atoms. The van der Waals surface area contributed by atoms with Crippen molar-refractivity contribution in [2.75, 3.05) is 12.0 Å². The predicted molar refractivity (Wildman–Crippen MR) is 81.1 cm³/mol. The predicted octanol–water partition coefficient (Wildman–Crippen LogP) is 2.84. The monoisotopic (exact) mass is 314 g/mol. The number of carbonyl (C=O) groups excluding carboxylic acids is 1. The summed E-state index contributed by atoms with van der Waals surface area (Å²) >= 11 is 0. The molecule has 3 rings (SSSR count). The third-order valence-corrected chi connectivity index (χ3v) is 3.49. The van der Waals surface area contributed by atoms with Crippen LogP contribution in [0.5, 0.6) is 17.4 Å². The molecule has 7 heteroatoms. The van der Waals surface area contributed by atoms with E-state index in [0.717, 1.165) is 10.5 Å². The highest BCUT2D eigenvalue weighted by Crippen LogP contribution is 2.33. The molecule has 1 aliphatic heterocycles. The summed E-state index contributed by atoms with van der Waals surface area (Å²) in [6.45, 7) is 0. The van der Waals surface area contributed by atoms with E-state index in [1.807, 2.05) is 0 Å². The van der Waals surface area contributed by atoms with Crippen LogP contribution in [0.3, 0.4) is 0 Å². The van der Waals surface area contributed by atoms with E-state index in [4.69, 9.17) is 14.6 Å². The van der Waals surface area contributed by atoms with Crippen LogP contribution in [0.1, 0.15) is 12.0 Å². The first kappa shape index (κ1) is 14.8. The van der Waals surface area contributed by atoms with Gasteiger partial charge in [-0.15, -0.1) is 0 Å². The number of hydrogen-bond donors (Lipinski definition) is 1. The number of methoxy groups -OCH3 is 1. The smallest absolute Gasteiger partial charge is 0.418 e. The van der Waals surface area contributed by atoms with E-state index in [-0.39, 0.29) is 6.42 Å². The number of imide groups is 1. The number of amides is 2. The quantitative estimate of drug-likeness (QED) is 0.937. The van der Waals surface area contributed by atoms with Crippen LogP contribution in [-0.4, -0.2) is 29.2 Å². The summed E-state index contributed by atoms with van der Waals surface area (Å²) in [4.78, 5) is 27.8. The van der Waals surface area contributed by atoms with Crippen LogP contribution in [0.15, 0.2) is 36.5 Å². The normalized spacial score (nSPS) is 13.4. The number of aromatic nitrogens is 1. The molecule has 118 valence electrons. The molecule has 0 saturated heterocycles. The van der Waals surface area contributed by atoms with E-state index in [1.165, 1.54) is 13.3 Å². The summed E-state index contributed by atoms with van der Waals surface area (Å²) in [6.07, 6.45) is 0.901. The van der Waals surface area contributed by atoms with Gasteiger partial charge in [0.25, 0.3) is 0 Å². The minimum absolute atomic E-state index is 0.160. The fourth-order valence-corrected chi connectivity index (χ4v) is 2.43. The summed E-state index contributed by atoms with van der Waals surface area (Å²) in [5, 5.41) is 9.16. The first-order chi connectivity index (χ1) is 11.1. The molecule has 23 heavy (non-hydrogen) atoms. The zero-order valence-corrected chi connectivity index (χ0v) is 12.4. The number of carboxylic acid groups (broad SMARTS) is 1. The van der Waals surface area contributed by atoms with Crippen LogP contribution in [0.2, 0.25) is 0 Å². The first-order valence-corrected chi connectivity index (χ1v) is 6.95. The molecule has 1 aromatic heterocycles. The second kappa shape index (κ2) is 5.96. The molecule has 1 aliphatic rings. The van der Waals surface area contributed by atoms with Crippen LogP contribution in [-0.2, 0) is 11.2 Å². The Balaban J connectivity index is 1.85. The van der Waals surface area contributed by atoms with Crippen LogP contribution in [0, 0.1) is 0 Å². The number of fused-ring (bicyclic) bond motifs is 1. The molecular weight excluding hydrogens is 300 g/mol. The van der Waals surface area contributed by atoms with Crippen LogP contribution in [0.4, 0.5) is 10.5 Å². The second-order valence-electron chi connectivity index (χ2n) is 4.94. The van der Waals surface area contributed by atoms with E-state index in [0.29, 0.717) is 29.5 Å². The summed E-state index contributed by atoms with van der Waals surface area (Å²) < 4.78 is 10.7. The Morgan fingerprint density at radius 1 is 1.22 bits per heavy atom. The molecule has 0 atom stereocenters. The van der Waals surface area contributed by atoms with E-state index >= 15 is 0 Å². The second-order valence-corrected chi connectivity index (χ2v) is 4.94. The molecule has 1 aromatic carbocycles. The SMILES string of the molecule is COc1ccc(Oc2ccc3c(c2)CCC(=O)N3C(=O)O)cn1.